The third kappa shape index (κ3) is 3.95. The molecule has 0 aliphatic heterocycles. The highest BCUT2D eigenvalue weighted by Gasteiger charge is 2.18. The lowest BCUT2D eigenvalue weighted by Crippen LogP contribution is -2.11. The molecule has 0 unspecified atom stereocenters. The number of unbranched alkanes of at least 4 members (excludes halogenated alkanes) is 1. The smallest absolute Gasteiger partial charge is 0.209 e. The number of carbonyl (C=O) groups is 1. The molecule has 0 saturated heterocycles. The van der Waals surface area contributed by atoms with Crippen molar-refractivity contribution in [1.82, 2.24) is 9.88 Å². The number of hydrogen-bond donors (Lipinski definition) is 0. The maximum absolute atomic E-state index is 12.5. The van der Waals surface area contributed by atoms with E-state index < -0.39 is 0 Å². The van der Waals surface area contributed by atoms with E-state index in [1.807, 2.05) is 39.0 Å². The van der Waals surface area contributed by atoms with Crippen LogP contribution in [0.2, 0.25) is 0 Å². The van der Waals surface area contributed by atoms with Crippen LogP contribution in [0.5, 0.6) is 0 Å². The van der Waals surface area contributed by atoms with Crippen LogP contribution in [-0.4, -0.2) is 29.8 Å². The lowest BCUT2D eigenvalue weighted by molar-refractivity contribution is 0.102. The molecule has 0 N–H and O–H groups in total. The van der Waals surface area contributed by atoms with Crippen LogP contribution in [0.4, 0.5) is 0 Å². The van der Waals surface area contributed by atoms with Gasteiger partial charge in [0.15, 0.2) is 0 Å². The fraction of sp³-hybridized carbons (Fsp3) is 0.571. The Morgan fingerprint density at radius 2 is 2.06 bits per heavy atom. The standard InChI is InChI=1S/C14H22N2OS/c1-6-7-8-12(9-16(4)5)14(17)13-10(2)18-11(3)15-13/h9H,6-8H2,1-5H3/b12-9+. The van der Waals surface area contributed by atoms with Crippen molar-refractivity contribution >= 4 is 17.1 Å². The second-order valence-corrected chi connectivity index (χ2v) is 6.10. The molecule has 0 aliphatic rings. The molecule has 0 aliphatic carbocycles. The zero-order valence-electron chi connectivity index (χ0n) is 11.9. The molecular weight excluding hydrogens is 244 g/mol. The Kier molecular flexibility index (Phi) is 5.54. The minimum absolute atomic E-state index is 0.0824. The van der Waals surface area contributed by atoms with Gasteiger partial charge in [0.1, 0.15) is 5.69 Å². The van der Waals surface area contributed by atoms with E-state index in [4.69, 9.17) is 0 Å². The number of Topliss-reactive ketones (excluding diaryl/α,β-unsaturated/α-hetero) is 1. The van der Waals surface area contributed by atoms with Crippen molar-refractivity contribution in [2.24, 2.45) is 0 Å². The van der Waals surface area contributed by atoms with Crippen molar-refractivity contribution in [3.8, 4) is 0 Å². The van der Waals surface area contributed by atoms with E-state index in [-0.39, 0.29) is 5.78 Å². The van der Waals surface area contributed by atoms with E-state index in [9.17, 15) is 4.79 Å². The molecule has 0 radical (unpaired) electrons. The van der Waals surface area contributed by atoms with Crippen LogP contribution in [0.3, 0.4) is 0 Å². The molecular formula is C14H22N2OS. The van der Waals surface area contributed by atoms with Crippen LogP contribution < -0.4 is 0 Å². The Morgan fingerprint density at radius 1 is 1.39 bits per heavy atom. The number of aryl methyl sites for hydroxylation is 2. The first-order valence-corrected chi connectivity index (χ1v) is 7.13. The second kappa shape index (κ2) is 6.69. The number of rotatable bonds is 6. The largest absolute Gasteiger partial charge is 0.383 e. The second-order valence-electron chi connectivity index (χ2n) is 4.69. The molecule has 4 heteroatoms. The van der Waals surface area contributed by atoms with E-state index >= 15 is 0 Å². The minimum Gasteiger partial charge on any atom is -0.383 e. The van der Waals surface area contributed by atoms with Gasteiger partial charge in [0, 0.05) is 30.7 Å². The molecule has 0 atom stereocenters. The predicted molar refractivity (Wildman–Crippen MR) is 77.2 cm³/mol. The van der Waals surface area contributed by atoms with Crippen LogP contribution in [0, 0.1) is 13.8 Å². The van der Waals surface area contributed by atoms with E-state index in [0.29, 0.717) is 5.69 Å². The minimum atomic E-state index is 0.0824. The molecule has 1 rings (SSSR count). The van der Waals surface area contributed by atoms with Crippen LogP contribution >= 0.6 is 11.3 Å². The van der Waals surface area contributed by atoms with Gasteiger partial charge in [-0.15, -0.1) is 11.3 Å². The third-order valence-electron chi connectivity index (χ3n) is 2.62. The van der Waals surface area contributed by atoms with Crippen LogP contribution in [0.1, 0.15) is 46.6 Å². The monoisotopic (exact) mass is 266 g/mol. The van der Waals surface area contributed by atoms with E-state index in [1.165, 1.54) is 0 Å². The average molecular weight is 266 g/mol. The quantitative estimate of drug-likeness (QED) is 0.583. The molecule has 0 fully saturated rings. The maximum atomic E-state index is 12.5. The van der Waals surface area contributed by atoms with Crippen LogP contribution in [-0.2, 0) is 0 Å². The summed E-state index contributed by atoms with van der Waals surface area (Å²) in [6.07, 6.45) is 4.87. The molecule has 0 spiro atoms. The van der Waals surface area contributed by atoms with E-state index in [2.05, 4.69) is 11.9 Å². The normalized spacial score (nSPS) is 11.7. The summed E-state index contributed by atoms with van der Waals surface area (Å²) in [4.78, 5) is 19.8. The van der Waals surface area contributed by atoms with Gasteiger partial charge in [-0.05, 0) is 26.7 Å². The Labute approximate surface area is 114 Å². The van der Waals surface area contributed by atoms with Gasteiger partial charge in [-0.2, -0.15) is 0 Å². The van der Waals surface area contributed by atoms with Gasteiger partial charge in [0.25, 0.3) is 0 Å². The highest BCUT2D eigenvalue weighted by molar-refractivity contribution is 7.11. The predicted octanol–water partition coefficient (Wildman–Crippen LogP) is 3.58. The average Bonchev–Trinajstić information content (AvgIpc) is 2.62. The van der Waals surface area contributed by atoms with Gasteiger partial charge in [-0.25, -0.2) is 4.98 Å². The number of allylic oxidation sites excluding steroid dienone is 1. The van der Waals surface area contributed by atoms with Crippen molar-refractivity contribution in [1.29, 1.82) is 0 Å². The first-order valence-electron chi connectivity index (χ1n) is 6.31. The highest BCUT2D eigenvalue weighted by atomic mass is 32.1. The Morgan fingerprint density at radius 3 is 2.50 bits per heavy atom. The summed E-state index contributed by atoms with van der Waals surface area (Å²) in [6, 6.07) is 0. The lowest BCUT2D eigenvalue weighted by Gasteiger charge is -2.10. The molecule has 0 amide bonds. The first kappa shape index (κ1) is 14.9. The summed E-state index contributed by atoms with van der Waals surface area (Å²) in [7, 11) is 3.89. The van der Waals surface area contributed by atoms with E-state index in [0.717, 1.165) is 34.7 Å². The Balaban J connectivity index is 2.99. The number of hydrogen-bond acceptors (Lipinski definition) is 4. The molecule has 0 bridgehead atoms. The lowest BCUT2D eigenvalue weighted by atomic mass is 10.0. The molecule has 18 heavy (non-hydrogen) atoms. The SMILES string of the molecule is CCCC/C(=C\N(C)C)C(=O)c1nc(C)sc1C. The van der Waals surface area contributed by atoms with Crippen molar-refractivity contribution in [3.63, 3.8) is 0 Å². The summed E-state index contributed by atoms with van der Waals surface area (Å²) < 4.78 is 0. The van der Waals surface area contributed by atoms with Gasteiger partial charge in [0.2, 0.25) is 5.78 Å². The van der Waals surface area contributed by atoms with Gasteiger partial charge >= 0.3 is 0 Å². The molecule has 3 nitrogen and oxygen atoms in total. The first-order chi connectivity index (χ1) is 8.45. The van der Waals surface area contributed by atoms with Crippen molar-refractivity contribution in [2.75, 3.05) is 14.1 Å². The molecule has 1 aromatic heterocycles. The van der Waals surface area contributed by atoms with Gasteiger partial charge in [0.05, 0.1) is 5.01 Å². The van der Waals surface area contributed by atoms with Crippen molar-refractivity contribution in [3.05, 3.63) is 27.4 Å². The molecule has 1 aromatic rings. The molecule has 0 saturated carbocycles. The highest BCUT2D eigenvalue weighted by Crippen LogP contribution is 2.21. The topological polar surface area (TPSA) is 33.2 Å². The summed E-state index contributed by atoms with van der Waals surface area (Å²) in [5.74, 6) is 0.0824. The zero-order valence-corrected chi connectivity index (χ0v) is 12.7. The Hall–Kier alpha value is -1.16. The molecule has 0 aromatic carbocycles. The van der Waals surface area contributed by atoms with Crippen molar-refractivity contribution < 1.29 is 4.79 Å². The van der Waals surface area contributed by atoms with E-state index in [1.54, 1.807) is 11.3 Å². The molecule has 1 heterocycles. The third-order valence-corrected chi connectivity index (χ3v) is 3.51. The summed E-state index contributed by atoms with van der Waals surface area (Å²) in [6.45, 7) is 6.04. The van der Waals surface area contributed by atoms with Gasteiger partial charge in [-0.3, -0.25) is 4.79 Å². The number of carbonyl (C=O) groups excluding carboxylic acids is 1. The summed E-state index contributed by atoms with van der Waals surface area (Å²) in [5, 5.41) is 0.954. The number of thiazole rings is 1. The van der Waals surface area contributed by atoms with Gasteiger partial charge < -0.3 is 4.90 Å². The zero-order chi connectivity index (χ0) is 13.7. The molecule has 100 valence electrons. The fourth-order valence-electron chi connectivity index (χ4n) is 1.81. The number of nitrogens with zero attached hydrogens (tertiary/aromatic N) is 2. The number of aromatic nitrogens is 1. The fourth-order valence-corrected chi connectivity index (χ4v) is 2.62. The van der Waals surface area contributed by atoms with Gasteiger partial charge in [-0.1, -0.05) is 13.3 Å². The van der Waals surface area contributed by atoms with Crippen LogP contribution in [0.15, 0.2) is 11.8 Å². The maximum Gasteiger partial charge on any atom is 0.209 e. The summed E-state index contributed by atoms with van der Waals surface area (Å²) >= 11 is 1.58. The summed E-state index contributed by atoms with van der Waals surface area (Å²) in [5.41, 5.74) is 1.48. The number of ketones is 1. The van der Waals surface area contributed by atoms with Crippen molar-refractivity contribution in [2.45, 2.75) is 40.0 Å². The van der Waals surface area contributed by atoms with Crippen LogP contribution in [0.25, 0.3) is 0 Å². The Bertz CT molecular complexity index is 447.